The van der Waals surface area contributed by atoms with Crippen LogP contribution in [0.15, 0.2) is 0 Å². The van der Waals surface area contributed by atoms with Gasteiger partial charge in [0.15, 0.2) is 0 Å². The van der Waals surface area contributed by atoms with E-state index < -0.39 is 0 Å². The maximum absolute atomic E-state index is 2.64. The summed E-state index contributed by atoms with van der Waals surface area (Å²) in [6.45, 7) is 15.5. The van der Waals surface area contributed by atoms with E-state index in [4.69, 9.17) is 0 Å². The molecule has 0 spiro atoms. The van der Waals surface area contributed by atoms with E-state index in [-0.39, 0.29) is 0 Å². The Balaban J connectivity index is 1.67. The van der Waals surface area contributed by atoms with Crippen LogP contribution in [0.5, 0.6) is 0 Å². The zero-order valence-electron chi connectivity index (χ0n) is 12.6. The fourth-order valence-corrected chi connectivity index (χ4v) is 2.94. The highest BCUT2D eigenvalue weighted by molar-refractivity contribution is 4.79. The molecule has 0 bridgehead atoms. The molecule has 2 aliphatic rings. The summed E-state index contributed by atoms with van der Waals surface area (Å²) in [5, 5.41) is 0. The first-order chi connectivity index (χ1) is 8.56. The predicted molar refractivity (Wildman–Crippen MR) is 76.6 cm³/mol. The molecule has 1 atom stereocenters. The molecule has 2 aliphatic heterocycles. The van der Waals surface area contributed by atoms with Gasteiger partial charge in [0.25, 0.3) is 0 Å². The van der Waals surface area contributed by atoms with Crippen LogP contribution < -0.4 is 0 Å². The van der Waals surface area contributed by atoms with Gasteiger partial charge in [-0.3, -0.25) is 19.6 Å². The first kappa shape index (κ1) is 14.3. The summed E-state index contributed by atoms with van der Waals surface area (Å²) in [5.41, 5.74) is 0. The Morgan fingerprint density at radius 1 is 0.889 bits per heavy atom. The first-order valence-corrected chi connectivity index (χ1v) is 7.45. The lowest BCUT2D eigenvalue weighted by atomic mass is 10.2. The van der Waals surface area contributed by atoms with E-state index in [0.717, 1.165) is 12.7 Å². The van der Waals surface area contributed by atoms with Gasteiger partial charge < -0.3 is 0 Å². The Kier molecular flexibility index (Phi) is 5.01. The van der Waals surface area contributed by atoms with Crippen LogP contribution in [0.3, 0.4) is 0 Å². The van der Waals surface area contributed by atoms with Crippen molar-refractivity contribution in [3.05, 3.63) is 0 Å². The van der Waals surface area contributed by atoms with Crippen molar-refractivity contribution >= 4 is 0 Å². The van der Waals surface area contributed by atoms with E-state index in [2.05, 4.69) is 47.4 Å². The van der Waals surface area contributed by atoms with Gasteiger partial charge in [-0.25, -0.2) is 0 Å². The quantitative estimate of drug-likeness (QED) is 0.724. The largest absolute Gasteiger partial charge is 0.292 e. The van der Waals surface area contributed by atoms with Gasteiger partial charge in [-0.2, -0.15) is 0 Å². The number of nitrogens with zero attached hydrogens (tertiary/aromatic N) is 4. The highest BCUT2D eigenvalue weighted by Crippen LogP contribution is 2.15. The summed E-state index contributed by atoms with van der Waals surface area (Å²) >= 11 is 0. The Bertz CT molecular complexity index is 256. The van der Waals surface area contributed by atoms with Gasteiger partial charge >= 0.3 is 0 Å². The molecule has 106 valence electrons. The maximum Gasteiger partial charge on any atom is 0.0512 e. The molecule has 1 unspecified atom stereocenters. The second-order valence-corrected chi connectivity index (χ2v) is 6.34. The van der Waals surface area contributed by atoms with Gasteiger partial charge in [0.2, 0.25) is 0 Å². The molecule has 0 saturated carbocycles. The van der Waals surface area contributed by atoms with Crippen LogP contribution >= 0.6 is 0 Å². The Labute approximate surface area is 113 Å². The van der Waals surface area contributed by atoms with Crippen LogP contribution in [0.4, 0.5) is 0 Å². The second kappa shape index (κ2) is 6.33. The van der Waals surface area contributed by atoms with Crippen LogP contribution in [0.2, 0.25) is 0 Å². The minimum absolute atomic E-state index is 0.689. The topological polar surface area (TPSA) is 13.0 Å². The summed E-state index contributed by atoms with van der Waals surface area (Å²) in [6.07, 6.45) is 1.31. The molecule has 2 heterocycles. The third kappa shape index (κ3) is 3.67. The lowest BCUT2D eigenvalue weighted by Gasteiger charge is -2.27. The number of likely N-dealkylation sites (N-methyl/N-ethyl adjacent to an activating group) is 1. The van der Waals surface area contributed by atoms with Crippen LogP contribution in [-0.2, 0) is 0 Å². The third-order valence-corrected chi connectivity index (χ3v) is 4.49. The minimum atomic E-state index is 0.689. The van der Waals surface area contributed by atoms with Crippen molar-refractivity contribution in [1.29, 1.82) is 0 Å². The molecule has 0 aromatic heterocycles. The van der Waals surface area contributed by atoms with Crippen LogP contribution in [0.25, 0.3) is 0 Å². The number of hydrogen-bond donors (Lipinski definition) is 0. The van der Waals surface area contributed by atoms with E-state index in [9.17, 15) is 0 Å². The Morgan fingerprint density at radius 3 is 2.17 bits per heavy atom. The van der Waals surface area contributed by atoms with Gasteiger partial charge in [-0.1, -0.05) is 0 Å². The molecule has 0 radical (unpaired) electrons. The molecule has 0 N–H and O–H groups in total. The van der Waals surface area contributed by atoms with Crippen molar-refractivity contribution in [2.24, 2.45) is 0 Å². The van der Waals surface area contributed by atoms with Crippen molar-refractivity contribution < 1.29 is 0 Å². The summed E-state index contributed by atoms with van der Waals surface area (Å²) in [7, 11) is 2.21. The van der Waals surface area contributed by atoms with E-state index in [0.29, 0.717) is 6.04 Å². The van der Waals surface area contributed by atoms with Gasteiger partial charge in [0.1, 0.15) is 0 Å². The van der Waals surface area contributed by atoms with Crippen LogP contribution in [0, 0.1) is 0 Å². The van der Waals surface area contributed by atoms with E-state index in [1.54, 1.807) is 0 Å². The van der Waals surface area contributed by atoms with Crippen molar-refractivity contribution in [2.75, 3.05) is 53.1 Å². The monoisotopic (exact) mass is 254 g/mol. The molecule has 0 aliphatic carbocycles. The molecule has 18 heavy (non-hydrogen) atoms. The summed E-state index contributed by atoms with van der Waals surface area (Å²) in [6, 6.07) is 1.41. The fourth-order valence-electron chi connectivity index (χ4n) is 2.94. The van der Waals surface area contributed by atoms with E-state index >= 15 is 0 Å². The minimum Gasteiger partial charge on any atom is -0.292 e. The normalized spacial score (nSPS) is 26.5. The highest BCUT2D eigenvalue weighted by Gasteiger charge is 2.26. The summed E-state index contributed by atoms with van der Waals surface area (Å²) in [4.78, 5) is 10.2. The molecule has 4 nitrogen and oxygen atoms in total. The Hall–Kier alpha value is -0.160. The van der Waals surface area contributed by atoms with Gasteiger partial charge in [-0.05, 0) is 34.2 Å². The van der Waals surface area contributed by atoms with Crippen molar-refractivity contribution in [1.82, 2.24) is 19.6 Å². The lowest BCUT2D eigenvalue weighted by Crippen LogP contribution is -2.37. The molecule has 0 aromatic carbocycles. The number of hydrogen-bond acceptors (Lipinski definition) is 4. The van der Waals surface area contributed by atoms with Gasteiger partial charge in [0.05, 0.1) is 13.3 Å². The molecule has 0 amide bonds. The molecular formula is C14H30N4. The predicted octanol–water partition coefficient (Wildman–Crippen LogP) is 0.953. The summed E-state index contributed by atoms with van der Waals surface area (Å²) < 4.78 is 0. The van der Waals surface area contributed by atoms with Crippen molar-refractivity contribution in [3.63, 3.8) is 0 Å². The molecule has 4 heteroatoms. The van der Waals surface area contributed by atoms with Gasteiger partial charge in [0, 0.05) is 44.8 Å². The standard InChI is InChI=1S/C14H30N4/c1-13(2)17-9-10-18(12-17)14(3)5-6-16-8-7-15(4)11-16/h13-14H,5-12H2,1-4H3. The Morgan fingerprint density at radius 2 is 1.61 bits per heavy atom. The van der Waals surface area contributed by atoms with E-state index in [1.165, 1.54) is 45.8 Å². The van der Waals surface area contributed by atoms with E-state index in [1.807, 2.05) is 0 Å². The van der Waals surface area contributed by atoms with Crippen molar-refractivity contribution in [2.45, 2.75) is 39.3 Å². The average Bonchev–Trinajstić information content (AvgIpc) is 2.94. The van der Waals surface area contributed by atoms with Crippen LogP contribution in [0.1, 0.15) is 27.2 Å². The smallest absolute Gasteiger partial charge is 0.0512 e. The molecule has 2 fully saturated rings. The third-order valence-electron chi connectivity index (χ3n) is 4.49. The zero-order valence-corrected chi connectivity index (χ0v) is 12.6. The number of rotatable bonds is 5. The second-order valence-electron chi connectivity index (χ2n) is 6.34. The highest BCUT2D eigenvalue weighted by atomic mass is 15.4. The average molecular weight is 254 g/mol. The van der Waals surface area contributed by atoms with Crippen molar-refractivity contribution in [3.8, 4) is 0 Å². The molecule has 0 aromatic rings. The van der Waals surface area contributed by atoms with Gasteiger partial charge in [-0.15, -0.1) is 0 Å². The van der Waals surface area contributed by atoms with Crippen LogP contribution in [-0.4, -0.2) is 84.8 Å². The maximum atomic E-state index is 2.64. The fraction of sp³-hybridized carbons (Fsp3) is 1.00. The first-order valence-electron chi connectivity index (χ1n) is 7.45. The lowest BCUT2D eigenvalue weighted by molar-refractivity contribution is 0.161. The molecule has 2 rings (SSSR count). The SMILES string of the molecule is CC(C)N1CCN(C(C)CCN2CCN(C)C2)C1. The zero-order chi connectivity index (χ0) is 13.1. The molecule has 2 saturated heterocycles. The molecular weight excluding hydrogens is 224 g/mol. The summed E-state index contributed by atoms with van der Waals surface area (Å²) in [5.74, 6) is 0.